The molecule has 4 aliphatic rings. The maximum absolute atomic E-state index is 12.5. The second-order valence-electron chi connectivity index (χ2n) is 6.56. The Kier molecular flexibility index (Phi) is 3.00. The molecule has 27 heavy (non-hydrogen) atoms. The van der Waals surface area contributed by atoms with Crippen LogP contribution in [-0.4, -0.2) is 26.2 Å². The maximum atomic E-state index is 12.5. The lowest BCUT2D eigenvalue weighted by molar-refractivity contribution is -0.136. The lowest BCUT2D eigenvalue weighted by Gasteiger charge is -2.27. The summed E-state index contributed by atoms with van der Waals surface area (Å²) in [6, 6.07) is 7.68. The maximum Gasteiger partial charge on any atom is 0.337 e. The second kappa shape index (κ2) is 5.32. The molecular formula is C19H12BrNO6. The van der Waals surface area contributed by atoms with E-state index in [0.717, 1.165) is 27.0 Å². The number of hydrogen-bond acceptors (Lipinski definition) is 7. The summed E-state index contributed by atoms with van der Waals surface area (Å²) in [6.07, 6.45) is 0. The van der Waals surface area contributed by atoms with E-state index < -0.39 is 0 Å². The van der Waals surface area contributed by atoms with Crippen molar-refractivity contribution >= 4 is 27.6 Å². The molecule has 0 saturated carbocycles. The fourth-order valence-corrected chi connectivity index (χ4v) is 4.51. The molecule has 4 aliphatic heterocycles. The molecule has 136 valence electrons. The fourth-order valence-electron chi connectivity index (χ4n) is 3.93. The third-order valence-corrected chi connectivity index (χ3v) is 5.69. The van der Waals surface area contributed by atoms with Crippen molar-refractivity contribution in [1.82, 2.24) is 0 Å². The standard InChI is InChI=1S/C19H12BrNO6/c20-10-1-8(2-15-18(10)27-7-26-15)16-9-3-13-14(25-6-24-13)4-11(9)21-12-5-23-19(22)17(12)16/h1-4,16,21H,5-7H2. The highest BCUT2D eigenvalue weighted by atomic mass is 79.9. The molecule has 0 fully saturated rings. The van der Waals surface area contributed by atoms with Gasteiger partial charge in [-0.2, -0.15) is 0 Å². The van der Waals surface area contributed by atoms with E-state index in [-0.39, 0.29) is 32.1 Å². The number of anilines is 1. The quantitative estimate of drug-likeness (QED) is 0.697. The first-order valence-corrected chi connectivity index (χ1v) is 9.18. The van der Waals surface area contributed by atoms with Crippen LogP contribution in [0.15, 0.2) is 40.0 Å². The first-order valence-electron chi connectivity index (χ1n) is 8.39. The lowest BCUT2D eigenvalue weighted by Crippen LogP contribution is -2.19. The zero-order valence-corrected chi connectivity index (χ0v) is 15.4. The van der Waals surface area contributed by atoms with Gasteiger partial charge in [-0.3, -0.25) is 0 Å². The van der Waals surface area contributed by atoms with Crippen molar-refractivity contribution in [2.24, 2.45) is 0 Å². The minimum absolute atomic E-state index is 0.175. The van der Waals surface area contributed by atoms with Crippen molar-refractivity contribution in [3.63, 3.8) is 0 Å². The Hall–Kier alpha value is -2.87. The van der Waals surface area contributed by atoms with Crippen LogP contribution in [0.25, 0.3) is 0 Å². The third kappa shape index (κ3) is 2.10. The van der Waals surface area contributed by atoms with Crippen LogP contribution in [0.1, 0.15) is 17.0 Å². The molecular weight excluding hydrogens is 418 g/mol. The zero-order valence-electron chi connectivity index (χ0n) is 13.8. The number of carbonyl (C=O) groups excluding carboxylic acids is 1. The highest BCUT2D eigenvalue weighted by Crippen LogP contribution is 2.51. The average Bonchev–Trinajstić information content (AvgIpc) is 3.38. The van der Waals surface area contributed by atoms with Crippen LogP contribution in [0.2, 0.25) is 0 Å². The summed E-state index contributed by atoms with van der Waals surface area (Å²) in [6.45, 7) is 0.590. The Morgan fingerprint density at radius 3 is 2.59 bits per heavy atom. The van der Waals surface area contributed by atoms with E-state index in [1.54, 1.807) is 0 Å². The summed E-state index contributed by atoms with van der Waals surface area (Å²) >= 11 is 3.54. The summed E-state index contributed by atoms with van der Waals surface area (Å²) in [5.74, 6) is 2.03. The van der Waals surface area contributed by atoms with Crippen LogP contribution in [0.4, 0.5) is 5.69 Å². The van der Waals surface area contributed by atoms with Gasteiger partial charge in [-0.15, -0.1) is 0 Å². The zero-order chi connectivity index (χ0) is 18.1. The minimum atomic E-state index is -0.320. The van der Waals surface area contributed by atoms with Crippen LogP contribution in [0, 0.1) is 0 Å². The molecule has 4 heterocycles. The van der Waals surface area contributed by atoms with Gasteiger partial charge < -0.3 is 29.0 Å². The molecule has 0 bridgehead atoms. The molecule has 1 unspecified atom stereocenters. The van der Waals surface area contributed by atoms with Crippen LogP contribution in [-0.2, 0) is 9.53 Å². The Labute approximate surface area is 161 Å². The molecule has 0 aromatic heterocycles. The Balaban J connectivity index is 1.58. The molecule has 6 rings (SSSR count). The molecule has 8 heteroatoms. The molecule has 2 aromatic rings. The van der Waals surface area contributed by atoms with Gasteiger partial charge in [0.1, 0.15) is 6.61 Å². The first kappa shape index (κ1) is 15.2. The summed E-state index contributed by atoms with van der Waals surface area (Å²) in [5, 5.41) is 3.32. The number of halogens is 1. The molecule has 0 amide bonds. The minimum Gasteiger partial charge on any atom is -0.456 e. The number of carbonyl (C=O) groups is 1. The number of fused-ring (bicyclic) bond motifs is 3. The molecule has 1 atom stereocenters. The van der Waals surface area contributed by atoms with Gasteiger partial charge in [-0.25, -0.2) is 4.79 Å². The lowest BCUT2D eigenvalue weighted by atomic mass is 9.81. The van der Waals surface area contributed by atoms with Crippen molar-refractivity contribution in [3.05, 3.63) is 51.1 Å². The predicted octanol–water partition coefficient (Wildman–Crippen LogP) is 3.27. The number of nitrogens with one attached hydrogen (secondary N) is 1. The number of esters is 1. The van der Waals surface area contributed by atoms with Crippen LogP contribution < -0.4 is 24.3 Å². The normalized spacial score (nSPS) is 20.9. The molecule has 2 aromatic carbocycles. The van der Waals surface area contributed by atoms with Crippen molar-refractivity contribution in [1.29, 1.82) is 0 Å². The van der Waals surface area contributed by atoms with Crippen molar-refractivity contribution < 1.29 is 28.5 Å². The monoisotopic (exact) mass is 429 g/mol. The van der Waals surface area contributed by atoms with E-state index in [9.17, 15) is 4.79 Å². The van der Waals surface area contributed by atoms with Crippen molar-refractivity contribution in [3.8, 4) is 23.0 Å². The summed E-state index contributed by atoms with van der Waals surface area (Å²) in [5.41, 5.74) is 4.06. The van der Waals surface area contributed by atoms with E-state index in [1.165, 1.54) is 0 Å². The van der Waals surface area contributed by atoms with Gasteiger partial charge in [0, 0.05) is 17.7 Å². The second-order valence-corrected chi connectivity index (χ2v) is 7.41. The van der Waals surface area contributed by atoms with E-state index >= 15 is 0 Å². The van der Waals surface area contributed by atoms with Crippen molar-refractivity contribution in [2.45, 2.75) is 5.92 Å². The number of benzene rings is 2. The largest absolute Gasteiger partial charge is 0.456 e. The molecule has 0 radical (unpaired) electrons. The Morgan fingerprint density at radius 2 is 1.70 bits per heavy atom. The number of ether oxygens (including phenoxy) is 5. The SMILES string of the molecule is O=C1OCC2=C1C(c1cc(Br)c3c(c1)OCO3)c1cc3c(cc1N2)OCO3. The van der Waals surface area contributed by atoms with E-state index in [2.05, 4.69) is 21.2 Å². The fraction of sp³-hybridized carbons (Fsp3) is 0.211. The van der Waals surface area contributed by atoms with Gasteiger partial charge in [0.15, 0.2) is 23.0 Å². The van der Waals surface area contributed by atoms with Gasteiger partial charge in [-0.05, 0) is 45.3 Å². The van der Waals surface area contributed by atoms with Gasteiger partial charge in [0.2, 0.25) is 13.6 Å². The Bertz CT molecular complexity index is 1060. The van der Waals surface area contributed by atoms with Gasteiger partial charge in [0.05, 0.1) is 15.7 Å². The van der Waals surface area contributed by atoms with E-state index in [4.69, 9.17) is 23.7 Å². The molecule has 7 nitrogen and oxygen atoms in total. The number of rotatable bonds is 1. The molecule has 0 spiro atoms. The molecule has 0 saturated heterocycles. The van der Waals surface area contributed by atoms with Crippen LogP contribution in [0.5, 0.6) is 23.0 Å². The van der Waals surface area contributed by atoms with Gasteiger partial charge >= 0.3 is 5.97 Å². The highest BCUT2D eigenvalue weighted by molar-refractivity contribution is 9.10. The molecule has 1 N–H and O–H groups in total. The topological polar surface area (TPSA) is 75.3 Å². The van der Waals surface area contributed by atoms with Crippen LogP contribution >= 0.6 is 15.9 Å². The van der Waals surface area contributed by atoms with E-state index in [0.29, 0.717) is 28.6 Å². The summed E-state index contributed by atoms with van der Waals surface area (Å²) in [4.78, 5) is 12.5. The first-order chi connectivity index (χ1) is 13.2. The number of cyclic esters (lactones) is 1. The third-order valence-electron chi connectivity index (χ3n) is 5.11. The summed E-state index contributed by atoms with van der Waals surface area (Å²) in [7, 11) is 0. The molecule has 0 aliphatic carbocycles. The van der Waals surface area contributed by atoms with Gasteiger partial charge in [0.25, 0.3) is 0 Å². The van der Waals surface area contributed by atoms with Crippen LogP contribution in [0.3, 0.4) is 0 Å². The highest BCUT2D eigenvalue weighted by Gasteiger charge is 2.40. The number of hydrogen-bond donors (Lipinski definition) is 1. The predicted molar refractivity (Wildman–Crippen MR) is 96.3 cm³/mol. The van der Waals surface area contributed by atoms with Gasteiger partial charge in [-0.1, -0.05) is 0 Å². The average molecular weight is 430 g/mol. The smallest absolute Gasteiger partial charge is 0.337 e. The summed E-state index contributed by atoms with van der Waals surface area (Å²) < 4.78 is 28.2. The van der Waals surface area contributed by atoms with Crippen molar-refractivity contribution in [2.75, 3.05) is 25.5 Å². The van der Waals surface area contributed by atoms with E-state index in [1.807, 2.05) is 24.3 Å². The Morgan fingerprint density at radius 1 is 0.926 bits per heavy atom.